The van der Waals surface area contributed by atoms with E-state index < -0.39 is 22.0 Å². The monoisotopic (exact) mass is 442 g/mol. The molecule has 0 aliphatic carbocycles. The lowest BCUT2D eigenvalue weighted by atomic mass is 10.1. The number of sulfone groups is 1. The lowest BCUT2D eigenvalue weighted by Gasteiger charge is -2.29. The Hall–Kier alpha value is -3.01. The van der Waals surface area contributed by atoms with Crippen LogP contribution in [0.5, 0.6) is 0 Å². The molecular formula is C21H18N2O5S2. The number of aliphatic hydroxyl groups is 1. The van der Waals surface area contributed by atoms with Crippen LogP contribution in [0.25, 0.3) is 0 Å². The molecule has 7 nitrogen and oxygen atoms in total. The Morgan fingerprint density at radius 1 is 1.17 bits per heavy atom. The van der Waals surface area contributed by atoms with Crippen molar-refractivity contribution < 1.29 is 23.1 Å². The van der Waals surface area contributed by atoms with E-state index in [4.69, 9.17) is 4.74 Å². The Balaban J connectivity index is 1.62. The second-order valence-corrected chi connectivity index (χ2v) is 9.46. The highest BCUT2D eigenvalue weighted by molar-refractivity contribution is 7.91. The number of aliphatic hydroxyl groups excluding tert-OH is 1. The van der Waals surface area contributed by atoms with Gasteiger partial charge in [0, 0.05) is 11.1 Å². The molecule has 154 valence electrons. The molecule has 30 heavy (non-hydrogen) atoms. The minimum Gasteiger partial charge on any atom is -0.465 e. The second kappa shape index (κ2) is 8.02. The molecule has 1 aromatic heterocycles. The Kier molecular flexibility index (Phi) is 5.42. The van der Waals surface area contributed by atoms with E-state index in [1.165, 1.54) is 41.8 Å². The van der Waals surface area contributed by atoms with Crippen molar-refractivity contribution in [3.63, 3.8) is 0 Å². The second-order valence-electron chi connectivity index (χ2n) is 6.59. The van der Waals surface area contributed by atoms with Gasteiger partial charge < -0.3 is 9.84 Å². The van der Waals surface area contributed by atoms with Gasteiger partial charge in [0.05, 0.1) is 29.7 Å². The van der Waals surface area contributed by atoms with E-state index in [1.54, 1.807) is 47.8 Å². The summed E-state index contributed by atoms with van der Waals surface area (Å²) in [4.78, 5) is 12.7. The molecule has 1 atom stereocenters. The average Bonchev–Trinajstić information content (AvgIpc) is 3.23. The Labute approximate surface area is 177 Å². The predicted molar refractivity (Wildman–Crippen MR) is 112 cm³/mol. The fourth-order valence-corrected chi connectivity index (χ4v) is 5.35. The molecule has 3 aromatic rings. The first kappa shape index (κ1) is 20.3. The number of thiophene rings is 1. The highest BCUT2D eigenvalue weighted by Crippen LogP contribution is 2.31. The van der Waals surface area contributed by atoms with Crippen LogP contribution in [0.15, 0.2) is 74.9 Å². The van der Waals surface area contributed by atoms with Crippen LogP contribution in [0, 0.1) is 0 Å². The number of hydrazone groups is 1. The van der Waals surface area contributed by atoms with Crippen LogP contribution >= 0.6 is 11.3 Å². The quantitative estimate of drug-likeness (QED) is 0.610. The molecule has 0 amide bonds. The molecule has 0 fully saturated rings. The number of hydrogen-bond donors (Lipinski definition) is 1. The summed E-state index contributed by atoms with van der Waals surface area (Å²) in [6, 6.07) is 14.5. The summed E-state index contributed by atoms with van der Waals surface area (Å²) in [5.41, 5.74) is 1.75. The van der Waals surface area contributed by atoms with E-state index in [1.807, 2.05) is 0 Å². The number of benzene rings is 2. The summed E-state index contributed by atoms with van der Waals surface area (Å²) in [7, 11) is -2.35. The van der Waals surface area contributed by atoms with Crippen LogP contribution < -0.4 is 0 Å². The molecule has 4 rings (SSSR count). The van der Waals surface area contributed by atoms with E-state index >= 15 is 0 Å². The van der Waals surface area contributed by atoms with Crippen molar-refractivity contribution in [1.29, 1.82) is 0 Å². The summed E-state index contributed by atoms with van der Waals surface area (Å²) in [5, 5.41) is 18.2. The van der Waals surface area contributed by atoms with Crippen molar-refractivity contribution >= 4 is 33.4 Å². The number of fused-ring (bicyclic) bond motifs is 1. The van der Waals surface area contributed by atoms with Gasteiger partial charge in [-0.25, -0.2) is 13.2 Å². The number of carbonyl (C=O) groups excluding carboxylic acids is 1. The van der Waals surface area contributed by atoms with Crippen LogP contribution in [0.3, 0.4) is 0 Å². The average molecular weight is 443 g/mol. The summed E-state index contributed by atoms with van der Waals surface area (Å²) in [6.07, 6.45) is 0.430. The third-order valence-electron chi connectivity index (χ3n) is 4.78. The van der Waals surface area contributed by atoms with Gasteiger partial charge >= 0.3 is 5.97 Å². The van der Waals surface area contributed by atoms with Gasteiger partial charge in [0.1, 0.15) is 4.88 Å². The van der Waals surface area contributed by atoms with Gasteiger partial charge in [0.15, 0.2) is 6.23 Å². The van der Waals surface area contributed by atoms with Gasteiger partial charge in [-0.1, -0.05) is 24.3 Å². The highest BCUT2D eigenvalue weighted by Gasteiger charge is 2.27. The fraction of sp³-hybridized carbons (Fsp3) is 0.143. The van der Waals surface area contributed by atoms with Gasteiger partial charge in [0.2, 0.25) is 9.84 Å². The van der Waals surface area contributed by atoms with E-state index in [9.17, 15) is 18.3 Å². The Morgan fingerprint density at radius 2 is 1.93 bits per heavy atom. The smallest absolute Gasteiger partial charge is 0.348 e. The van der Waals surface area contributed by atoms with Gasteiger partial charge in [-0.15, -0.1) is 11.3 Å². The van der Waals surface area contributed by atoms with Crippen LogP contribution in [-0.2, 0) is 21.1 Å². The standard InChI is InChI=1S/C21H18N2O5S2/c1-28-21(25)19-14(9-10-29-19)13-23-20(24)18-8-7-17(11-15(18)12-22-23)30(26,27)16-5-3-2-4-6-16/h2-12,20,24H,13H2,1H3. The van der Waals surface area contributed by atoms with Crippen LogP contribution in [-0.4, -0.2) is 37.8 Å². The molecule has 0 spiro atoms. The number of esters is 1. The minimum absolute atomic E-state index is 0.130. The molecule has 0 radical (unpaired) electrons. The van der Waals surface area contributed by atoms with Crippen molar-refractivity contribution in [2.75, 3.05) is 7.11 Å². The minimum atomic E-state index is -3.67. The van der Waals surface area contributed by atoms with E-state index in [2.05, 4.69) is 5.10 Å². The maximum atomic E-state index is 12.8. The van der Waals surface area contributed by atoms with Crippen molar-refractivity contribution in [2.24, 2.45) is 5.10 Å². The largest absolute Gasteiger partial charge is 0.465 e. The number of nitrogens with zero attached hydrogens (tertiary/aromatic N) is 2. The SMILES string of the molecule is COC(=O)c1sccc1CN1N=Cc2cc(S(=O)(=O)c3ccccc3)ccc2C1O. The normalized spacial score (nSPS) is 15.7. The van der Waals surface area contributed by atoms with E-state index in [0.29, 0.717) is 21.6 Å². The maximum absolute atomic E-state index is 12.8. The van der Waals surface area contributed by atoms with Gasteiger partial charge in [-0.3, -0.25) is 5.01 Å². The first-order chi connectivity index (χ1) is 14.4. The van der Waals surface area contributed by atoms with Crippen LogP contribution in [0.2, 0.25) is 0 Å². The van der Waals surface area contributed by atoms with Crippen molar-refractivity contribution in [1.82, 2.24) is 5.01 Å². The molecule has 1 unspecified atom stereocenters. The Bertz CT molecular complexity index is 1220. The first-order valence-electron chi connectivity index (χ1n) is 8.99. The third kappa shape index (κ3) is 3.62. The van der Waals surface area contributed by atoms with Crippen molar-refractivity contribution in [2.45, 2.75) is 22.6 Å². The highest BCUT2D eigenvalue weighted by atomic mass is 32.2. The summed E-state index contributed by atoms with van der Waals surface area (Å²) >= 11 is 1.26. The molecule has 1 N–H and O–H groups in total. The lowest BCUT2D eigenvalue weighted by molar-refractivity contribution is -0.00525. The molecule has 0 saturated heterocycles. The number of rotatable bonds is 5. The first-order valence-corrected chi connectivity index (χ1v) is 11.4. The third-order valence-corrected chi connectivity index (χ3v) is 7.48. The van der Waals surface area contributed by atoms with Crippen molar-refractivity contribution in [3.8, 4) is 0 Å². The maximum Gasteiger partial charge on any atom is 0.348 e. The van der Waals surface area contributed by atoms with Gasteiger partial charge in [0.25, 0.3) is 0 Å². The summed E-state index contributed by atoms with van der Waals surface area (Å²) in [6.45, 7) is 0.203. The van der Waals surface area contributed by atoms with Gasteiger partial charge in [-0.05, 0) is 41.3 Å². The zero-order chi connectivity index (χ0) is 21.3. The molecule has 2 heterocycles. The molecule has 1 aliphatic heterocycles. The number of ether oxygens (including phenoxy) is 1. The fourth-order valence-electron chi connectivity index (χ4n) is 3.20. The Morgan fingerprint density at radius 3 is 2.67 bits per heavy atom. The predicted octanol–water partition coefficient (Wildman–Crippen LogP) is 3.21. The van der Waals surface area contributed by atoms with Crippen LogP contribution in [0.1, 0.15) is 32.6 Å². The number of hydrogen-bond acceptors (Lipinski definition) is 8. The summed E-state index contributed by atoms with van der Waals surface area (Å²) in [5.74, 6) is -0.438. The lowest BCUT2D eigenvalue weighted by Crippen LogP contribution is -2.28. The molecule has 2 aromatic carbocycles. The molecule has 0 bridgehead atoms. The molecule has 9 heteroatoms. The molecule has 1 aliphatic rings. The van der Waals surface area contributed by atoms with Crippen LogP contribution in [0.4, 0.5) is 0 Å². The number of carbonyl (C=O) groups is 1. The zero-order valence-corrected chi connectivity index (χ0v) is 17.6. The van der Waals surface area contributed by atoms with Gasteiger partial charge in [-0.2, -0.15) is 5.10 Å². The number of methoxy groups -OCH3 is 1. The molecular weight excluding hydrogens is 424 g/mol. The van der Waals surface area contributed by atoms with E-state index in [-0.39, 0.29) is 16.3 Å². The topological polar surface area (TPSA) is 96.3 Å². The van der Waals surface area contributed by atoms with E-state index in [0.717, 1.165) is 0 Å². The zero-order valence-electron chi connectivity index (χ0n) is 15.9. The molecule has 0 saturated carbocycles. The summed E-state index contributed by atoms with van der Waals surface area (Å²) < 4.78 is 30.5. The van der Waals surface area contributed by atoms with Crippen molar-refractivity contribution in [3.05, 3.63) is 81.5 Å².